The predicted molar refractivity (Wildman–Crippen MR) is 79.5 cm³/mol. The fourth-order valence-corrected chi connectivity index (χ4v) is 2.48. The number of amides is 1. The summed E-state index contributed by atoms with van der Waals surface area (Å²) in [6.45, 7) is 0.361. The summed E-state index contributed by atoms with van der Waals surface area (Å²) in [4.78, 5) is 18.2. The molecule has 0 aliphatic heterocycles. The highest BCUT2D eigenvalue weighted by Gasteiger charge is 2.27. The number of aliphatic hydroxyl groups excluding tert-OH is 1. The third-order valence-electron chi connectivity index (χ3n) is 3.82. The summed E-state index contributed by atoms with van der Waals surface area (Å²) >= 11 is 0. The summed E-state index contributed by atoms with van der Waals surface area (Å²) in [6.07, 6.45) is 6.24. The van der Waals surface area contributed by atoms with Crippen LogP contribution in [0.15, 0.2) is 34.8 Å². The van der Waals surface area contributed by atoms with Gasteiger partial charge in [0.05, 0.1) is 6.61 Å². The highest BCUT2D eigenvalue weighted by molar-refractivity contribution is 5.91. The number of nitrogens with zero attached hydrogens (tertiary/aromatic N) is 2. The molecule has 2 aromatic rings. The van der Waals surface area contributed by atoms with Crippen LogP contribution in [0.2, 0.25) is 0 Å². The van der Waals surface area contributed by atoms with E-state index in [1.807, 2.05) is 24.3 Å². The summed E-state index contributed by atoms with van der Waals surface area (Å²) in [7, 11) is 0. The molecule has 1 saturated carbocycles. The Kier molecular flexibility index (Phi) is 4.01. The number of aliphatic hydroxyl groups is 1. The van der Waals surface area contributed by atoms with Crippen LogP contribution in [0, 0.1) is 0 Å². The molecular weight excluding hydrogens is 268 g/mol. The monoisotopic (exact) mass is 286 g/mol. The molecule has 0 unspecified atom stereocenters. The average Bonchev–Trinajstić information content (AvgIpc) is 2.85. The maximum absolute atomic E-state index is 12.2. The topological polar surface area (TPSA) is 66.6 Å². The molecule has 3 rings (SSSR count). The molecule has 5 heteroatoms. The molecule has 0 saturated heterocycles. The quantitative estimate of drug-likeness (QED) is 0.856. The zero-order chi connectivity index (χ0) is 14.7. The van der Waals surface area contributed by atoms with Crippen LogP contribution in [0.4, 0.5) is 0 Å². The van der Waals surface area contributed by atoms with Crippen LogP contribution < -0.4 is 0 Å². The zero-order valence-corrected chi connectivity index (χ0v) is 11.7. The number of carbonyl (C=O) groups is 1. The van der Waals surface area contributed by atoms with E-state index in [9.17, 15) is 4.79 Å². The average molecular weight is 286 g/mol. The van der Waals surface area contributed by atoms with E-state index >= 15 is 0 Å². The van der Waals surface area contributed by atoms with Crippen molar-refractivity contribution in [3.63, 3.8) is 0 Å². The lowest BCUT2D eigenvalue weighted by atomic mass is 9.91. The second-order valence-corrected chi connectivity index (χ2v) is 5.19. The molecule has 1 N–H and O–H groups in total. The van der Waals surface area contributed by atoms with E-state index in [2.05, 4.69) is 4.98 Å². The number of para-hydroxylation sites is 2. The van der Waals surface area contributed by atoms with Gasteiger partial charge in [0.1, 0.15) is 5.52 Å². The normalized spacial score (nSPS) is 15.5. The van der Waals surface area contributed by atoms with Gasteiger partial charge >= 0.3 is 0 Å². The number of hydrogen-bond acceptors (Lipinski definition) is 4. The Morgan fingerprint density at radius 3 is 2.90 bits per heavy atom. The summed E-state index contributed by atoms with van der Waals surface area (Å²) in [5, 5.41) is 9.09. The smallest absolute Gasteiger partial charge is 0.247 e. The Morgan fingerprint density at radius 2 is 2.24 bits per heavy atom. The second kappa shape index (κ2) is 6.10. The van der Waals surface area contributed by atoms with Crippen LogP contribution in [-0.4, -0.2) is 40.1 Å². The number of carbonyl (C=O) groups excluding carboxylic acids is 1. The van der Waals surface area contributed by atoms with Gasteiger partial charge in [-0.15, -0.1) is 0 Å². The standard InChI is InChI=1S/C16H18N2O3/c19-11-10-18(12-4-3-5-12)16(20)9-8-15-17-13-6-1-2-7-14(13)21-15/h1-2,6-9,12,19H,3-5,10-11H2/b9-8+. The van der Waals surface area contributed by atoms with Crippen molar-refractivity contribution in [2.75, 3.05) is 13.2 Å². The number of fused-ring (bicyclic) bond motifs is 1. The SMILES string of the molecule is O=C(/C=C/c1nc2ccccc2o1)N(CCO)C1CCC1. The van der Waals surface area contributed by atoms with E-state index in [0.29, 0.717) is 18.0 Å². The number of aromatic nitrogens is 1. The second-order valence-electron chi connectivity index (χ2n) is 5.19. The largest absolute Gasteiger partial charge is 0.437 e. The van der Waals surface area contributed by atoms with E-state index in [4.69, 9.17) is 9.52 Å². The van der Waals surface area contributed by atoms with Crippen molar-refractivity contribution in [3.8, 4) is 0 Å². The Bertz CT molecular complexity index is 625. The first-order valence-corrected chi connectivity index (χ1v) is 7.23. The van der Waals surface area contributed by atoms with Crippen molar-refractivity contribution in [3.05, 3.63) is 36.2 Å². The fourth-order valence-electron chi connectivity index (χ4n) is 2.48. The van der Waals surface area contributed by atoms with E-state index in [1.54, 1.807) is 11.0 Å². The van der Waals surface area contributed by atoms with Crippen LogP contribution in [-0.2, 0) is 4.79 Å². The van der Waals surface area contributed by atoms with Crippen molar-refractivity contribution in [2.24, 2.45) is 0 Å². The minimum Gasteiger partial charge on any atom is -0.437 e. The number of hydrogen-bond donors (Lipinski definition) is 1. The first-order valence-electron chi connectivity index (χ1n) is 7.23. The molecule has 1 amide bonds. The minimum atomic E-state index is -0.101. The van der Waals surface area contributed by atoms with Gasteiger partial charge in [-0.05, 0) is 31.4 Å². The Balaban J connectivity index is 1.72. The molecule has 1 aliphatic rings. The van der Waals surface area contributed by atoms with E-state index in [-0.39, 0.29) is 18.6 Å². The van der Waals surface area contributed by atoms with Gasteiger partial charge < -0.3 is 14.4 Å². The van der Waals surface area contributed by atoms with Gasteiger partial charge in [0.2, 0.25) is 11.8 Å². The molecule has 5 nitrogen and oxygen atoms in total. The molecule has 1 aromatic heterocycles. The van der Waals surface area contributed by atoms with Crippen LogP contribution >= 0.6 is 0 Å². The predicted octanol–water partition coefficient (Wildman–Crippen LogP) is 2.21. The zero-order valence-electron chi connectivity index (χ0n) is 11.7. The van der Waals surface area contributed by atoms with Crippen molar-refractivity contribution in [2.45, 2.75) is 25.3 Å². The molecule has 1 fully saturated rings. The first kappa shape index (κ1) is 13.8. The highest BCUT2D eigenvalue weighted by atomic mass is 16.3. The lowest BCUT2D eigenvalue weighted by Crippen LogP contribution is -2.44. The molecular formula is C16H18N2O3. The molecule has 21 heavy (non-hydrogen) atoms. The van der Waals surface area contributed by atoms with Gasteiger partial charge in [-0.2, -0.15) is 0 Å². The third-order valence-corrected chi connectivity index (χ3v) is 3.82. The summed E-state index contributed by atoms with van der Waals surface area (Å²) in [5.74, 6) is 0.318. The van der Waals surface area contributed by atoms with Crippen molar-refractivity contribution in [1.29, 1.82) is 0 Å². The van der Waals surface area contributed by atoms with Gasteiger partial charge in [-0.3, -0.25) is 4.79 Å². The fraction of sp³-hybridized carbons (Fsp3) is 0.375. The lowest BCUT2D eigenvalue weighted by Gasteiger charge is -2.36. The highest BCUT2D eigenvalue weighted by Crippen LogP contribution is 2.25. The van der Waals surface area contributed by atoms with Crippen molar-refractivity contribution < 1.29 is 14.3 Å². The lowest BCUT2D eigenvalue weighted by molar-refractivity contribution is -0.130. The van der Waals surface area contributed by atoms with E-state index in [1.165, 1.54) is 6.08 Å². The molecule has 1 heterocycles. The molecule has 0 spiro atoms. The molecule has 0 radical (unpaired) electrons. The number of oxazole rings is 1. The third kappa shape index (κ3) is 2.97. The Morgan fingerprint density at radius 1 is 1.43 bits per heavy atom. The van der Waals surface area contributed by atoms with Crippen LogP contribution in [0.5, 0.6) is 0 Å². The molecule has 1 aliphatic carbocycles. The van der Waals surface area contributed by atoms with Gasteiger partial charge in [-0.1, -0.05) is 12.1 Å². The Hall–Kier alpha value is -2.14. The van der Waals surface area contributed by atoms with Gasteiger partial charge in [0.25, 0.3) is 0 Å². The molecule has 1 aromatic carbocycles. The van der Waals surface area contributed by atoms with Gasteiger partial charge in [0.15, 0.2) is 5.58 Å². The van der Waals surface area contributed by atoms with Crippen LogP contribution in [0.25, 0.3) is 17.2 Å². The van der Waals surface area contributed by atoms with Crippen molar-refractivity contribution in [1.82, 2.24) is 9.88 Å². The van der Waals surface area contributed by atoms with Crippen LogP contribution in [0.1, 0.15) is 25.2 Å². The maximum Gasteiger partial charge on any atom is 0.247 e. The first-order chi connectivity index (χ1) is 10.3. The molecule has 0 bridgehead atoms. The Labute approximate surface area is 122 Å². The maximum atomic E-state index is 12.2. The van der Waals surface area contributed by atoms with Crippen LogP contribution in [0.3, 0.4) is 0 Å². The summed E-state index contributed by atoms with van der Waals surface area (Å²) in [5.41, 5.74) is 1.48. The molecule has 110 valence electrons. The summed E-state index contributed by atoms with van der Waals surface area (Å²) < 4.78 is 5.54. The minimum absolute atomic E-state index is 0.0149. The van der Waals surface area contributed by atoms with Crippen molar-refractivity contribution >= 4 is 23.1 Å². The number of rotatable bonds is 5. The van der Waals surface area contributed by atoms with Gasteiger partial charge in [0, 0.05) is 24.7 Å². The number of benzene rings is 1. The molecule has 0 atom stereocenters. The van der Waals surface area contributed by atoms with E-state index < -0.39 is 0 Å². The van der Waals surface area contributed by atoms with Gasteiger partial charge in [-0.25, -0.2) is 4.98 Å². The summed E-state index contributed by atoms with van der Waals surface area (Å²) in [6, 6.07) is 7.74. The van der Waals surface area contributed by atoms with E-state index in [0.717, 1.165) is 24.8 Å².